The first kappa shape index (κ1) is 17.4. The van der Waals surface area contributed by atoms with Crippen LogP contribution in [0.15, 0.2) is 64.0 Å². The van der Waals surface area contributed by atoms with Crippen LogP contribution >= 0.6 is 11.3 Å². The number of aromatic nitrogens is 1. The summed E-state index contributed by atoms with van der Waals surface area (Å²) in [6.07, 6.45) is 1.89. The molecule has 1 heterocycles. The number of rotatable bonds is 4. The van der Waals surface area contributed by atoms with Crippen molar-refractivity contribution in [1.82, 2.24) is 4.68 Å². The van der Waals surface area contributed by atoms with Gasteiger partial charge in [0.15, 0.2) is 0 Å². The zero-order valence-corrected chi connectivity index (χ0v) is 15.9. The Morgan fingerprint density at radius 2 is 1.68 bits per heavy atom. The van der Waals surface area contributed by atoms with Crippen molar-refractivity contribution in [2.45, 2.75) is 26.7 Å². The molecule has 2 aromatic carbocycles. The van der Waals surface area contributed by atoms with Gasteiger partial charge in [-0.1, -0.05) is 67.9 Å². The minimum atomic E-state index is 0.538. The van der Waals surface area contributed by atoms with Crippen molar-refractivity contribution in [2.75, 3.05) is 7.05 Å². The van der Waals surface area contributed by atoms with Gasteiger partial charge in [-0.3, -0.25) is 4.99 Å². The van der Waals surface area contributed by atoms with Crippen LogP contribution in [0.1, 0.15) is 36.5 Å². The summed E-state index contributed by atoms with van der Waals surface area (Å²) >= 11 is 1.60. The molecule has 25 heavy (non-hydrogen) atoms. The van der Waals surface area contributed by atoms with Crippen molar-refractivity contribution in [2.24, 2.45) is 10.1 Å². The average Bonchev–Trinajstić information content (AvgIpc) is 3.04. The molecule has 1 aromatic heterocycles. The summed E-state index contributed by atoms with van der Waals surface area (Å²) in [5, 5.41) is 6.79. The van der Waals surface area contributed by atoms with Gasteiger partial charge in [-0.2, -0.15) is 5.10 Å². The van der Waals surface area contributed by atoms with Gasteiger partial charge >= 0.3 is 0 Å². The highest BCUT2D eigenvalue weighted by molar-refractivity contribution is 7.07. The first-order valence-corrected chi connectivity index (χ1v) is 9.31. The average molecular weight is 350 g/mol. The number of hydrogen-bond acceptors (Lipinski definition) is 3. The lowest BCUT2D eigenvalue weighted by molar-refractivity contribution is 0.848. The number of benzene rings is 2. The highest BCUT2D eigenvalue weighted by Crippen LogP contribution is 2.20. The molecule has 3 rings (SSSR count). The summed E-state index contributed by atoms with van der Waals surface area (Å²) in [7, 11) is 1.80. The summed E-state index contributed by atoms with van der Waals surface area (Å²) in [6.45, 7) is 6.50. The van der Waals surface area contributed by atoms with Crippen LogP contribution in [-0.4, -0.2) is 17.9 Å². The van der Waals surface area contributed by atoms with Gasteiger partial charge in [0, 0.05) is 18.0 Å². The molecule has 0 radical (unpaired) electrons. The van der Waals surface area contributed by atoms with Gasteiger partial charge in [-0.15, -0.1) is 11.3 Å². The first-order chi connectivity index (χ1) is 12.1. The van der Waals surface area contributed by atoms with E-state index in [1.54, 1.807) is 18.4 Å². The van der Waals surface area contributed by atoms with Crippen LogP contribution in [0.25, 0.3) is 11.3 Å². The summed E-state index contributed by atoms with van der Waals surface area (Å²) in [5.41, 5.74) is 5.87. The van der Waals surface area contributed by atoms with Gasteiger partial charge in [0.05, 0.1) is 11.9 Å². The minimum absolute atomic E-state index is 0.538. The Morgan fingerprint density at radius 3 is 2.28 bits per heavy atom. The van der Waals surface area contributed by atoms with E-state index in [1.807, 2.05) is 10.9 Å². The molecule has 0 saturated carbocycles. The lowest BCUT2D eigenvalue weighted by Crippen LogP contribution is -2.11. The molecule has 0 amide bonds. The predicted octanol–water partition coefficient (Wildman–Crippen LogP) is 5.06. The van der Waals surface area contributed by atoms with Gasteiger partial charge in [0.1, 0.15) is 0 Å². The van der Waals surface area contributed by atoms with E-state index in [9.17, 15) is 0 Å². The maximum Gasteiger partial charge on any atom is 0.205 e. The second-order valence-corrected chi connectivity index (χ2v) is 7.21. The molecule has 0 aliphatic heterocycles. The van der Waals surface area contributed by atoms with E-state index >= 15 is 0 Å². The van der Waals surface area contributed by atoms with Crippen molar-refractivity contribution in [1.29, 1.82) is 0 Å². The van der Waals surface area contributed by atoms with Crippen LogP contribution in [0.4, 0.5) is 0 Å². The highest BCUT2D eigenvalue weighted by atomic mass is 32.1. The molecular formula is C21H23N3S. The Labute approximate surface area is 153 Å². The lowest BCUT2D eigenvalue weighted by Gasteiger charge is -2.05. The largest absolute Gasteiger partial charge is 0.261 e. The topological polar surface area (TPSA) is 29.6 Å². The molecule has 3 nitrogen and oxygen atoms in total. The fourth-order valence-corrected chi connectivity index (χ4v) is 3.38. The van der Waals surface area contributed by atoms with Gasteiger partial charge in [0.2, 0.25) is 4.80 Å². The molecule has 4 heteroatoms. The van der Waals surface area contributed by atoms with E-state index in [0.717, 1.165) is 21.6 Å². The van der Waals surface area contributed by atoms with E-state index in [-0.39, 0.29) is 0 Å². The predicted molar refractivity (Wildman–Crippen MR) is 107 cm³/mol. The van der Waals surface area contributed by atoms with Gasteiger partial charge < -0.3 is 0 Å². The van der Waals surface area contributed by atoms with Crippen LogP contribution in [0.5, 0.6) is 0 Å². The highest BCUT2D eigenvalue weighted by Gasteiger charge is 2.06. The van der Waals surface area contributed by atoms with Gasteiger partial charge in [-0.05, 0) is 24.0 Å². The van der Waals surface area contributed by atoms with Crippen molar-refractivity contribution in [3.05, 3.63) is 75.4 Å². The fourth-order valence-electron chi connectivity index (χ4n) is 2.58. The monoisotopic (exact) mass is 349 g/mol. The quantitative estimate of drug-likeness (QED) is 0.589. The Hall–Kier alpha value is -2.46. The Balaban J connectivity index is 1.96. The lowest BCUT2D eigenvalue weighted by atomic mass is 10.0. The van der Waals surface area contributed by atoms with Crippen LogP contribution in [0, 0.1) is 6.92 Å². The summed E-state index contributed by atoms with van der Waals surface area (Å²) in [6, 6.07) is 17.0. The van der Waals surface area contributed by atoms with E-state index in [2.05, 4.69) is 84.8 Å². The van der Waals surface area contributed by atoms with Crippen LogP contribution < -0.4 is 4.80 Å². The number of hydrogen-bond donors (Lipinski definition) is 0. The molecule has 0 unspecified atom stereocenters. The SMILES string of the molecule is CN=c1scc(-c2ccc(C)cc2)n1/N=C/c1ccc(C(C)C)cc1. The smallest absolute Gasteiger partial charge is 0.205 e. The standard InChI is InChI=1S/C21H23N3S/c1-15(2)18-11-7-17(8-12-18)13-23-24-20(14-25-21(24)22-4)19-9-5-16(3)6-10-19/h5-15H,1-4H3/b22-21?,23-13+. The Kier molecular flexibility index (Phi) is 5.29. The Morgan fingerprint density at radius 1 is 1.00 bits per heavy atom. The number of aryl methyl sites for hydroxylation is 1. The molecule has 0 atom stereocenters. The second kappa shape index (κ2) is 7.62. The van der Waals surface area contributed by atoms with E-state index < -0.39 is 0 Å². The van der Waals surface area contributed by atoms with Crippen LogP contribution in [0.2, 0.25) is 0 Å². The number of thiazole rings is 1. The molecule has 3 aromatic rings. The molecule has 0 saturated heterocycles. The maximum atomic E-state index is 4.69. The van der Waals surface area contributed by atoms with Gasteiger partial charge in [0.25, 0.3) is 0 Å². The second-order valence-electron chi connectivity index (χ2n) is 6.37. The van der Waals surface area contributed by atoms with Crippen LogP contribution in [0.3, 0.4) is 0 Å². The molecule has 0 spiro atoms. The van der Waals surface area contributed by atoms with Crippen molar-refractivity contribution >= 4 is 17.6 Å². The molecule has 0 bridgehead atoms. The third-order valence-corrected chi connectivity index (χ3v) is 5.06. The van der Waals surface area contributed by atoms with Crippen molar-refractivity contribution < 1.29 is 0 Å². The molecule has 0 aliphatic carbocycles. The van der Waals surface area contributed by atoms with Crippen molar-refractivity contribution in [3.8, 4) is 11.3 Å². The fraction of sp³-hybridized carbons (Fsp3) is 0.238. The third kappa shape index (κ3) is 3.97. The van der Waals surface area contributed by atoms with Crippen LogP contribution in [-0.2, 0) is 0 Å². The van der Waals surface area contributed by atoms with Gasteiger partial charge in [-0.25, -0.2) is 4.68 Å². The summed E-state index contributed by atoms with van der Waals surface area (Å²) < 4.78 is 1.91. The van der Waals surface area contributed by atoms with E-state index in [4.69, 9.17) is 0 Å². The minimum Gasteiger partial charge on any atom is -0.261 e. The first-order valence-electron chi connectivity index (χ1n) is 8.43. The van der Waals surface area contributed by atoms with E-state index in [0.29, 0.717) is 5.92 Å². The molecule has 128 valence electrons. The Bertz CT molecular complexity index is 927. The molecule has 0 N–H and O–H groups in total. The van der Waals surface area contributed by atoms with Crippen molar-refractivity contribution in [3.63, 3.8) is 0 Å². The zero-order valence-electron chi connectivity index (χ0n) is 15.1. The summed E-state index contributed by atoms with van der Waals surface area (Å²) in [5.74, 6) is 0.538. The zero-order chi connectivity index (χ0) is 17.8. The molecule has 0 aliphatic rings. The number of nitrogens with zero attached hydrogens (tertiary/aromatic N) is 3. The van der Waals surface area contributed by atoms with E-state index in [1.165, 1.54) is 11.1 Å². The molecule has 0 fully saturated rings. The maximum absolute atomic E-state index is 4.69. The normalized spacial score (nSPS) is 12.4. The molecular weight excluding hydrogens is 326 g/mol. The summed E-state index contributed by atoms with van der Waals surface area (Å²) in [4.78, 5) is 5.23. The third-order valence-electron chi connectivity index (χ3n) is 4.15.